The van der Waals surface area contributed by atoms with Crippen LogP contribution in [0.2, 0.25) is 0 Å². The van der Waals surface area contributed by atoms with Gasteiger partial charge >= 0.3 is 0 Å². The molecule has 1 fully saturated rings. The molecule has 1 saturated carbocycles. The number of aromatic nitrogens is 3. The molecular formula is C20H20FN5O2. The Balaban J connectivity index is 1.36. The summed E-state index contributed by atoms with van der Waals surface area (Å²) in [4.78, 5) is 24.3. The lowest BCUT2D eigenvalue weighted by Gasteiger charge is -2.29. The molecule has 28 heavy (non-hydrogen) atoms. The van der Waals surface area contributed by atoms with Gasteiger partial charge in [-0.15, -0.1) is 0 Å². The fourth-order valence-corrected chi connectivity index (χ4v) is 3.41. The van der Waals surface area contributed by atoms with E-state index < -0.39 is 5.91 Å². The van der Waals surface area contributed by atoms with Crippen LogP contribution in [0.1, 0.15) is 36.0 Å². The lowest BCUT2D eigenvalue weighted by Crippen LogP contribution is -2.32. The fourth-order valence-electron chi connectivity index (χ4n) is 3.41. The van der Waals surface area contributed by atoms with Crippen LogP contribution >= 0.6 is 0 Å². The number of pyridine rings is 1. The van der Waals surface area contributed by atoms with Crippen molar-refractivity contribution in [3.8, 4) is 5.88 Å². The third kappa shape index (κ3) is 4.00. The number of benzene rings is 1. The van der Waals surface area contributed by atoms with Gasteiger partial charge in [-0.3, -0.25) is 4.79 Å². The summed E-state index contributed by atoms with van der Waals surface area (Å²) in [7, 11) is 0. The first-order valence-corrected chi connectivity index (χ1v) is 9.19. The Labute approximate surface area is 161 Å². The van der Waals surface area contributed by atoms with Crippen LogP contribution in [0, 0.1) is 5.82 Å². The molecule has 1 aromatic carbocycles. The summed E-state index contributed by atoms with van der Waals surface area (Å²) in [6.07, 6.45) is 6.54. The first kappa shape index (κ1) is 18.1. The van der Waals surface area contributed by atoms with E-state index in [4.69, 9.17) is 10.5 Å². The molecule has 8 heteroatoms. The van der Waals surface area contributed by atoms with Gasteiger partial charge in [0.2, 0.25) is 11.8 Å². The molecule has 0 aliphatic heterocycles. The predicted octanol–water partition coefficient (Wildman–Crippen LogP) is 3.06. The normalized spacial score (nSPS) is 19.3. The molecule has 1 amide bonds. The SMILES string of the molecule is NC(=O)c1cccnc1O[C@H]1CC[C@H](Nc2ncc3cc(F)ccc3n2)CC1. The molecule has 0 saturated heterocycles. The summed E-state index contributed by atoms with van der Waals surface area (Å²) < 4.78 is 19.2. The highest BCUT2D eigenvalue weighted by atomic mass is 19.1. The van der Waals surface area contributed by atoms with Gasteiger partial charge in [0.1, 0.15) is 17.5 Å². The lowest BCUT2D eigenvalue weighted by atomic mass is 9.93. The Morgan fingerprint density at radius 2 is 2.00 bits per heavy atom. The van der Waals surface area contributed by atoms with E-state index in [0.29, 0.717) is 22.4 Å². The minimum atomic E-state index is -0.549. The van der Waals surface area contributed by atoms with Gasteiger partial charge in [0, 0.05) is 23.8 Å². The number of primary amides is 1. The number of hydrogen-bond acceptors (Lipinski definition) is 6. The monoisotopic (exact) mass is 381 g/mol. The van der Waals surface area contributed by atoms with Crippen molar-refractivity contribution < 1.29 is 13.9 Å². The highest BCUT2D eigenvalue weighted by molar-refractivity contribution is 5.94. The van der Waals surface area contributed by atoms with E-state index in [2.05, 4.69) is 20.3 Å². The second-order valence-corrected chi connectivity index (χ2v) is 6.85. The van der Waals surface area contributed by atoms with Crippen molar-refractivity contribution in [2.24, 2.45) is 5.73 Å². The molecule has 3 N–H and O–H groups in total. The van der Waals surface area contributed by atoms with Crippen LogP contribution in [0.5, 0.6) is 5.88 Å². The average Bonchev–Trinajstić information content (AvgIpc) is 2.70. The number of fused-ring (bicyclic) bond motifs is 1. The second kappa shape index (κ2) is 7.75. The Bertz CT molecular complexity index is 1000. The summed E-state index contributed by atoms with van der Waals surface area (Å²) in [5, 5.41) is 4.01. The van der Waals surface area contributed by atoms with Gasteiger partial charge in [-0.25, -0.2) is 19.3 Å². The van der Waals surface area contributed by atoms with Crippen LogP contribution < -0.4 is 15.8 Å². The minimum absolute atomic E-state index is 0.0217. The zero-order valence-corrected chi connectivity index (χ0v) is 15.1. The molecule has 0 spiro atoms. The summed E-state index contributed by atoms with van der Waals surface area (Å²) in [6.45, 7) is 0. The second-order valence-electron chi connectivity index (χ2n) is 6.85. The van der Waals surface area contributed by atoms with Gasteiger partial charge in [0.25, 0.3) is 5.91 Å². The van der Waals surface area contributed by atoms with Crippen LogP contribution in [0.3, 0.4) is 0 Å². The quantitative estimate of drug-likeness (QED) is 0.704. The van der Waals surface area contributed by atoms with E-state index in [1.54, 1.807) is 30.6 Å². The number of hydrogen-bond donors (Lipinski definition) is 2. The van der Waals surface area contributed by atoms with Crippen LogP contribution in [0.15, 0.2) is 42.7 Å². The Hall–Kier alpha value is -3.29. The summed E-state index contributed by atoms with van der Waals surface area (Å²) in [5.41, 5.74) is 6.37. The van der Waals surface area contributed by atoms with E-state index in [1.807, 2.05) is 0 Å². The number of carbonyl (C=O) groups is 1. The molecule has 0 radical (unpaired) electrons. The van der Waals surface area contributed by atoms with Crippen LogP contribution in [-0.4, -0.2) is 33.0 Å². The summed E-state index contributed by atoms with van der Waals surface area (Å²) in [6, 6.07) is 7.94. The number of nitrogens with two attached hydrogens (primary N) is 1. The first-order valence-electron chi connectivity index (χ1n) is 9.19. The van der Waals surface area contributed by atoms with E-state index in [-0.39, 0.29) is 23.8 Å². The average molecular weight is 381 g/mol. The molecule has 2 heterocycles. The van der Waals surface area contributed by atoms with Gasteiger partial charge in [-0.05, 0) is 56.0 Å². The van der Waals surface area contributed by atoms with Crippen LogP contribution in [-0.2, 0) is 0 Å². The lowest BCUT2D eigenvalue weighted by molar-refractivity contribution is 0.0983. The van der Waals surface area contributed by atoms with E-state index in [9.17, 15) is 9.18 Å². The number of nitrogens with zero attached hydrogens (tertiary/aromatic N) is 3. The van der Waals surface area contributed by atoms with Crippen molar-refractivity contribution in [1.82, 2.24) is 15.0 Å². The third-order valence-corrected chi connectivity index (χ3v) is 4.86. The zero-order chi connectivity index (χ0) is 19.5. The number of ether oxygens (including phenoxy) is 1. The predicted molar refractivity (Wildman–Crippen MR) is 103 cm³/mol. The molecule has 0 bridgehead atoms. The topological polar surface area (TPSA) is 103 Å². The maximum atomic E-state index is 13.3. The van der Waals surface area contributed by atoms with Crippen molar-refractivity contribution in [2.45, 2.75) is 37.8 Å². The van der Waals surface area contributed by atoms with Crippen molar-refractivity contribution >= 4 is 22.8 Å². The van der Waals surface area contributed by atoms with Gasteiger partial charge in [-0.2, -0.15) is 0 Å². The largest absolute Gasteiger partial charge is 0.474 e. The molecule has 3 aromatic rings. The zero-order valence-electron chi connectivity index (χ0n) is 15.1. The van der Waals surface area contributed by atoms with Crippen molar-refractivity contribution in [3.63, 3.8) is 0 Å². The smallest absolute Gasteiger partial charge is 0.254 e. The summed E-state index contributed by atoms with van der Waals surface area (Å²) in [5.74, 6) is -0.0324. The van der Waals surface area contributed by atoms with E-state index in [1.165, 1.54) is 12.1 Å². The molecule has 2 aromatic heterocycles. The maximum Gasteiger partial charge on any atom is 0.254 e. The molecule has 0 atom stereocenters. The minimum Gasteiger partial charge on any atom is -0.474 e. The molecule has 7 nitrogen and oxygen atoms in total. The van der Waals surface area contributed by atoms with Gasteiger partial charge in [0.15, 0.2) is 0 Å². The van der Waals surface area contributed by atoms with Gasteiger partial charge < -0.3 is 15.8 Å². The molecular weight excluding hydrogens is 361 g/mol. The number of anilines is 1. The number of carbonyl (C=O) groups excluding carboxylic acids is 1. The highest BCUT2D eigenvalue weighted by Crippen LogP contribution is 2.26. The van der Waals surface area contributed by atoms with Crippen molar-refractivity contribution in [3.05, 3.63) is 54.1 Å². The molecule has 1 aliphatic rings. The molecule has 1 aliphatic carbocycles. The van der Waals surface area contributed by atoms with Crippen molar-refractivity contribution in [1.29, 1.82) is 0 Å². The molecule has 144 valence electrons. The Morgan fingerprint density at radius 3 is 2.79 bits per heavy atom. The maximum absolute atomic E-state index is 13.3. The van der Waals surface area contributed by atoms with E-state index >= 15 is 0 Å². The van der Waals surface area contributed by atoms with Crippen LogP contribution in [0.25, 0.3) is 10.9 Å². The standard InChI is InChI=1S/C20H20FN5O2/c21-13-3-8-17-12(10-13)11-24-20(26-17)25-14-4-6-15(7-5-14)28-19-16(18(22)27)2-1-9-23-19/h1-3,8-11,14-15H,4-7H2,(H2,22,27)(H,24,25,26)/t14-,15-. The van der Waals surface area contributed by atoms with Gasteiger partial charge in [-0.1, -0.05) is 0 Å². The number of amides is 1. The van der Waals surface area contributed by atoms with Crippen LogP contribution in [0.4, 0.5) is 10.3 Å². The van der Waals surface area contributed by atoms with Gasteiger partial charge in [0.05, 0.1) is 5.52 Å². The number of halogens is 1. The number of nitrogens with one attached hydrogen (secondary N) is 1. The molecule has 0 unspecified atom stereocenters. The fraction of sp³-hybridized carbons (Fsp3) is 0.300. The third-order valence-electron chi connectivity index (χ3n) is 4.86. The molecule has 4 rings (SSSR count). The number of rotatable bonds is 5. The summed E-state index contributed by atoms with van der Waals surface area (Å²) >= 11 is 0. The Kier molecular flexibility index (Phi) is 5.01. The first-order chi connectivity index (χ1) is 13.6. The van der Waals surface area contributed by atoms with E-state index in [0.717, 1.165) is 25.7 Å². The Morgan fingerprint density at radius 1 is 1.18 bits per heavy atom. The van der Waals surface area contributed by atoms with Crippen molar-refractivity contribution in [2.75, 3.05) is 5.32 Å². The highest BCUT2D eigenvalue weighted by Gasteiger charge is 2.24.